The van der Waals surface area contributed by atoms with Crippen LogP contribution in [-0.4, -0.2) is 37.6 Å². The molecule has 2 atom stereocenters. The van der Waals surface area contributed by atoms with Crippen LogP contribution in [0.5, 0.6) is 0 Å². The molecule has 1 aliphatic rings. The van der Waals surface area contributed by atoms with Crippen LogP contribution in [0.3, 0.4) is 0 Å². The van der Waals surface area contributed by atoms with Gasteiger partial charge in [0.2, 0.25) is 5.91 Å². The van der Waals surface area contributed by atoms with Crippen molar-refractivity contribution in [2.24, 2.45) is 11.3 Å². The average molecular weight is 270 g/mol. The van der Waals surface area contributed by atoms with Crippen LogP contribution in [-0.2, 0) is 14.3 Å². The van der Waals surface area contributed by atoms with Crippen LogP contribution in [0.25, 0.3) is 0 Å². The van der Waals surface area contributed by atoms with E-state index in [0.29, 0.717) is 0 Å². The molecule has 1 unspecified atom stereocenters. The molecule has 1 saturated heterocycles. The van der Waals surface area contributed by atoms with Crippen molar-refractivity contribution in [3.05, 3.63) is 0 Å². The summed E-state index contributed by atoms with van der Waals surface area (Å²) >= 11 is 0. The second kappa shape index (κ2) is 6.37. The summed E-state index contributed by atoms with van der Waals surface area (Å²) in [5, 5.41) is 6.06. The first-order valence-corrected chi connectivity index (χ1v) is 6.91. The first kappa shape index (κ1) is 16.0. The fourth-order valence-electron chi connectivity index (χ4n) is 2.52. The lowest BCUT2D eigenvalue weighted by Crippen LogP contribution is -2.59. The summed E-state index contributed by atoms with van der Waals surface area (Å²) in [6, 6.07) is -0.843. The van der Waals surface area contributed by atoms with Crippen molar-refractivity contribution in [2.45, 2.75) is 52.6 Å². The predicted molar refractivity (Wildman–Crippen MR) is 73.6 cm³/mol. The molecule has 1 aliphatic heterocycles. The normalized spacial score (nSPS) is 23.8. The third-order valence-corrected chi connectivity index (χ3v) is 3.81. The number of hydrogen-bond acceptors (Lipinski definition) is 4. The topological polar surface area (TPSA) is 67.4 Å². The highest BCUT2D eigenvalue weighted by Gasteiger charge is 2.38. The van der Waals surface area contributed by atoms with Crippen LogP contribution in [0.2, 0.25) is 0 Å². The standard InChI is InChI=1S/C14H26N2O3/c1-9(2)10(13(18)19-5)16-12(17)11-14(3,4)7-6-8-15-11/h9-11,15H,6-8H2,1-5H3,(H,16,17)/t10-,11?/m0/s1. The summed E-state index contributed by atoms with van der Waals surface area (Å²) in [5.41, 5.74) is -0.0972. The Morgan fingerprint density at radius 1 is 1.37 bits per heavy atom. The fraction of sp³-hybridized carbons (Fsp3) is 0.857. The van der Waals surface area contributed by atoms with Gasteiger partial charge in [0.25, 0.3) is 0 Å². The molecule has 0 saturated carbocycles. The highest BCUT2D eigenvalue weighted by molar-refractivity contribution is 5.88. The predicted octanol–water partition coefficient (Wildman–Crippen LogP) is 1.08. The molecule has 0 aromatic heterocycles. The van der Waals surface area contributed by atoms with E-state index in [-0.39, 0.29) is 23.3 Å². The Labute approximate surface area is 115 Å². The zero-order valence-corrected chi connectivity index (χ0v) is 12.6. The third-order valence-electron chi connectivity index (χ3n) is 3.81. The van der Waals surface area contributed by atoms with Crippen LogP contribution in [0.15, 0.2) is 0 Å². The van der Waals surface area contributed by atoms with E-state index in [1.165, 1.54) is 7.11 Å². The van der Waals surface area contributed by atoms with E-state index in [1.54, 1.807) is 0 Å². The lowest BCUT2D eigenvalue weighted by molar-refractivity contribution is -0.147. The van der Waals surface area contributed by atoms with Crippen molar-refractivity contribution in [1.29, 1.82) is 0 Å². The minimum Gasteiger partial charge on any atom is -0.467 e. The summed E-state index contributed by atoms with van der Waals surface area (Å²) in [5.74, 6) is -0.506. The summed E-state index contributed by atoms with van der Waals surface area (Å²) in [6.45, 7) is 8.77. The van der Waals surface area contributed by atoms with Crippen molar-refractivity contribution in [1.82, 2.24) is 10.6 Å². The number of rotatable bonds is 4. The highest BCUT2D eigenvalue weighted by atomic mass is 16.5. The quantitative estimate of drug-likeness (QED) is 0.750. The van der Waals surface area contributed by atoms with Gasteiger partial charge in [0.05, 0.1) is 13.2 Å². The lowest BCUT2D eigenvalue weighted by Gasteiger charge is -2.39. The second-order valence-corrected chi connectivity index (χ2v) is 6.23. The number of ether oxygens (including phenoxy) is 1. The molecule has 0 radical (unpaired) electrons. The summed E-state index contributed by atoms with van der Waals surface area (Å²) in [6.07, 6.45) is 2.07. The number of piperidine rings is 1. The van der Waals surface area contributed by atoms with Crippen molar-refractivity contribution in [3.8, 4) is 0 Å². The minimum absolute atomic E-state index is 0.00287. The number of esters is 1. The van der Waals surface area contributed by atoms with Gasteiger partial charge in [-0.15, -0.1) is 0 Å². The zero-order chi connectivity index (χ0) is 14.6. The van der Waals surface area contributed by atoms with Crippen LogP contribution < -0.4 is 10.6 Å². The molecular formula is C14H26N2O3. The number of hydrogen-bond donors (Lipinski definition) is 2. The van der Waals surface area contributed by atoms with Gasteiger partial charge in [0, 0.05) is 0 Å². The number of nitrogens with one attached hydrogen (secondary N) is 2. The molecule has 1 heterocycles. The lowest BCUT2D eigenvalue weighted by atomic mass is 9.77. The number of carbonyl (C=O) groups excluding carboxylic acids is 2. The zero-order valence-electron chi connectivity index (χ0n) is 12.6. The van der Waals surface area contributed by atoms with Crippen LogP contribution in [0, 0.1) is 11.3 Å². The van der Waals surface area contributed by atoms with Gasteiger partial charge in [-0.05, 0) is 30.7 Å². The van der Waals surface area contributed by atoms with Crippen molar-refractivity contribution in [3.63, 3.8) is 0 Å². The Kier molecular flexibility index (Phi) is 5.35. The first-order valence-electron chi connectivity index (χ1n) is 6.91. The molecule has 1 fully saturated rings. The van der Waals surface area contributed by atoms with E-state index in [0.717, 1.165) is 19.4 Å². The van der Waals surface area contributed by atoms with Gasteiger partial charge in [-0.25, -0.2) is 4.79 Å². The van der Waals surface area contributed by atoms with Gasteiger partial charge >= 0.3 is 5.97 Å². The Bertz CT molecular complexity index is 340. The molecule has 1 rings (SSSR count). The summed E-state index contributed by atoms with van der Waals surface area (Å²) in [7, 11) is 1.34. The second-order valence-electron chi connectivity index (χ2n) is 6.23. The number of carbonyl (C=O) groups is 2. The fourth-order valence-corrected chi connectivity index (χ4v) is 2.52. The average Bonchev–Trinajstić information content (AvgIpc) is 2.33. The molecule has 0 aliphatic carbocycles. The van der Waals surface area contributed by atoms with Gasteiger partial charge in [-0.2, -0.15) is 0 Å². The molecule has 5 heteroatoms. The number of methoxy groups -OCH3 is 1. The molecule has 2 N–H and O–H groups in total. The van der Waals surface area contributed by atoms with Gasteiger partial charge < -0.3 is 15.4 Å². The molecule has 0 aromatic rings. The van der Waals surface area contributed by atoms with Crippen molar-refractivity contribution >= 4 is 11.9 Å². The molecule has 110 valence electrons. The van der Waals surface area contributed by atoms with Crippen molar-refractivity contribution in [2.75, 3.05) is 13.7 Å². The molecule has 5 nitrogen and oxygen atoms in total. The van der Waals surface area contributed by atoms with E-state index >= 15 is 0 Å². The molecular weight excluding hydrogens is 244 g/mol. The Morgan fingerprint density at radius 3 is 2.47 bits per heavy atom. The largest absolute Gasteiger partial charge is 0.467 e. The van der Waals surface area contributed by atoms with E-state index in [4.69, 9.17) is 4.74 Å². The molecule has 0 aromatic carbocycles. The minimum atomic E-state index is -0.586. The highest BCUT2D eigenvalue weighted by Crippen LogP contribution is 2.30. The van der Waals surface area contributed by atoms with E-state index in [2.05, 4.69) is 24.5 Å². The van der Waals surface area contributed by atoms with E-state index < -0.39 is 12.0 Å². The smallest absolute Gasteiger partial charge is 0.328 e. The Morgan fingerprint density at radius 2 is 2.00 bits per heavy atom. The monoisotopic (exact) mass is 270 g/mol. The maximum atomic E-state index is 12.4. The van der Waals surface area contributed by atoms with Gasteiger partial charge in [-0.1, -0.05) is 27.7 Å². The van der Waals surface area contributed by atoms with Crippen LogP contribution >= 0.6 is 0 Å². The molecule has 1 amide bonds. The third kappa shape index (κ3) is 3.93. The molecule has 19 heavy (non-hydrogen) atoms. The Balaban J connectivity index is 2.73. The molecule has 0 spiro atoms. The van der Waals surface area contributed by atoms with Gasteiger partial charge in [0.15, 0.2) is 0 Å². The Hall–Kier alpha value is -1.10. The van der Waals surface area contributed by atoms with Crippen LogP contribution in [0.4, 0.5) is 0 Å². The first-order chi connectivity index (χ1) is 8.79. The van der Waals surface area contributed by atoms with E-state index in [1.807, 2.05) is 13.8 Å². The maximum Gasteiger partial charge on any atom is 0.328 e. The summed E-state index contributed by atoms with van der Waals surface area (Å²) in [4.78, 5) is 24.0. The van der Waals surface area contributed by atoms with E-state index in [9.17, 15) is 9.59 Å². The SMILES string of the molecule is COC(=O)[C@@H](NC(=O)C1NCCCC1(C)C)C(C)C. The van der Waals surface area contributed by atoms with Gasteiger partial charge in [0.1, 0.15) is 6.04 Å². The van der Waals surface area contributed by atoms with Gasteiger partial charge in [-0.3, -0.25) is 4.79 Å². The number of amides is 1. The van der Waals surface area contributed by atoms with Crippen molar-refractivity contribution < 1.29 is 14.3 Å². The summed E-state index contributed by atoms with van der Waals surface area (Å²) < 4.78 is 4.74. The van der Waals surface area contributed by atoms with Crippen LogP contribution in [0.1, 0.15) is 40.5 Å². The molecule has 0 bridgehead atoms. The maximum absolute atomic E-state index is 12.4.